The van der Waals surface area contributed by atoms with Gasteiger partial charge in [0, 0.05) is 6.42 Å². The van der Waals surface area contributed by atoms with Crippen molar-refractivity contribution >= 4 is 0 Å². The first kappa shape index (κ1) is 11.3. The van der Waals surface area contributed by atoms with Gasteiger partial charge in [-0.25, -0.2) is 0 Å². The molecule has 0 atom stereocenters. The van der Waals surface area contributed by atoms with E-state index in [4.69, 9.17) is 4.42 Å². The maximum absolute atomic E-state index is 5.67. The fraction of sp³-hybridized carbons (Fsp3) is 0.667. The van der Waals surface area contributed by atoms with Gasteiger partial charge in [0.1, 0.15) is 11.5 Å². The van der Waals surface area contributed by atoms with Crippen LogP contribution in [0.1, 0.15) is 44.6 Å². The van der Waals surface area contributed by atoms with Gasteiger partial charge in [-0.05, 0) is 31.5 Å². The van der Waals surface area contributed by atoms with E-state index in [9.17, 15) is 0 Å². The van der Waals surface area contributed by atoms with Crippen LogP contribution in [0, 0.1) is 0 Å². The first-order valence-electron chi connectivity index (χ1n) is 5.65. The maximum atomic E-state index is 5.67. The van der Waals surface area contributed by atoms with Gasteiger partial charge >= 0.3 is 0 Å². The second kappa shape index (κ2) is 6.66. The number of rotatable bonds is 7. The van der Waals surface area contributed by atoms with E-state index >= 15 is 0 Å². The van der Waals surface area contributed by atoms with Gasteiger partial charge in [-0.2, -0.15) is 0 Å². The Balaban J connectivity index is 2.27. The number of unbranched alkanes of at least 4 members (excludes halogenated alkanes) is 1. The molecule has 0 radical (unpaired) electrons. The summed E-state index contributed by atoms with van der Waals surface area (Å²) in [7, 11) is 0. The van der Waals surface area contributed by atoms with Gasteiger partial charge in [0.2, 0.25) is 0 Å². The van der Waals surface area contributed by atoms with Crippen molar-refractivity contribution in [1.82, 2.24) is 5.32 Å². The molecule has 0 fully saturated rings. The van der Waals surface area contributed by atoms with Crippen LogP contribution in [-0.2, 0) is 13.0 Å². The van der Waals surface area contributed by atoms with Crippen LogP contribution < -0.4 is 5.32 Å². The van der Waals surface area contributed by atoms with Crippen LogP contribution in [0.3, 0.4) is 0 Å². The van der Waals surface area contributed by atoms with Crippen LogP contribution in [0.5, 0.6) is 0 Å². The monoisotopic (exact) mass is 195 g/mol. The SMILES string of the molecule is CCCCc1ccc(CNCCC)o1. The highest BCUT2D eigenvalue weighted by molar-refractivity contribution is 5.07. The second-order valence-electron chi connectivity index (χ2n) is 3.65. The van der Waals surface area contributed by atoms with Crippen LogP contribution in [0.4, 0.5) is 0 Å². The first-order valence-corrected chi connectivity index (χ1v) is 5.65. The predicted molar refractivity (Wildman–Crippen MR) is 59.3 cm³/mol. The van der Waals surface area contributed by atoms with E-state index in [0.29, 0.717) is 0 Å². The fourth-order valence-corrected chi connectivity index (χ4v) is 1.39. The van der Waals surface area contributed by atoms with E-state index in [2.05, 4.69) is 31.3 Å². The topological polar surface area (TPSA) is 25.2 Å². The molecule has 1 N–H and O–H groups in total. The Morgan fingerprint density at radius 3 is 2.64 bits per heavy atom. The highest BCUT2D eigenvalue weighted by Crippen LogP contribution is 2.10. The number of nitrogens with one attached hydrogen (secondary N) is 1. The zero-order chi connectivity index (χ0) is 10.2. The molecule has 0 aromatic carbocycles. The highest BCUT2D eigenvalue weighted by Gasteiger charge is 2.00. The molecule has 0 unspecified atom stereocenters. The summed E-state index contributed by atoms with van der Waals surface area (Å²) < 4.78 is 5.67. The summed E-state index contributed by atoms with van der Waals surface area (Å²) in [6, 6.07) is 4.17. The van der Waals surface area contributed by atoms with Crippen molar-refractivity contribution in [2.75, 3.05) is 6.54 Å². The molecule has 0 amide bonds. The lowest BCUT2D eigenvalue weighted by atomic mass is 10.2. The molecule has 2 nitrogen and oxygen atoms in total. The van der Waals surface area contributed by atoms with E-state index in [1.165, 1.54) is 19.3 Å². The van der Waals surface area contributed by atoms with Crippen molar-refractivity contribution in [3.63, 3.8) is 0 Å². The van der Waals surface area contributed by atoms with Crippen LogP contribution >= 0.6 is 0 Å². The van der Waals surface area contributed by atoms with E-state index in [1.54, 1.807) is 0 Å². The summed E-state index contributed by atoms with van der Waals surface area (Å²) in [5.41, 5.74) is 0. The molecule has 0 aliphatic heterocycles. The molecule has 1 heterocycles. The number of furan rings is 1. The zero-order valence-corrected chi connectivity index (χ0v) is 9.31. The Morgan fingerprint density at radius 1 is 1.14 bits per heavy atom. The predicted octanol–water partition coefficient (Wildman–Crippen LogP) is 3.12. The van der Waals surface area contributed by atoms with Crippen molar-refractivity contribution < 1.29 is 4.42 Å². The summed E-state index contributed by atoms with van der Waals surface area (Å²) in [6.45, 7) is 6.29. The van der Waals surface area contributed by atoms with E-state index in [-0.39, 0.29) is 0 Å². The Bertz CT molecular complexity index is 242. The molecule has 0 saturated heterocycles. The minimum atomic E-state index is 0.861. The molecular formula is C12H21NO. The molecule has 0 spiro atoms. The minimum Gasteiger partial charge on any atom is -0.465 e. The molecule has 0 aliphatic carbocycles. The first-order chi connectivity index (χ1) is 6.86. The highest BCUT2D eigenvalue weighted by atomic mass is 16.3. The van der Waals surface area contributed by atoms with Crippen molar-refractivity contribution in [2.24, 2.45) is 0 Å². The largest absolute Gasteiger partial charge is 0.465 e. The lowest BCUT2D eigenvalue weighted by Gasteiger charge is -1.99. The van der Waals surface area contributed by atoms with Crippen LogP contribution in [-0.4, -0.2) is 6.54 Å². The Morgan fingerprint density at radius 2 is 1.93 bits per heavy atom. The van der Waals surface area contributed by atoms with E-state index in [1.807, 2.05) is 0 Å². The lowest BCUT2D eigenvalue weighted by molar-refractivity contribution is 0.442. The summed E-state index contributed by atoms with van der Waals surface area (Å²) in [5.74, 6) is 2.18. The van der Waals surface area contributed by atoms with E-state index in [0.717, 1.165) is 31.0 Å². The average molecular weight is 195 g/mol. The standard InChI is InChI=1S/C12H21NO/c1-3-5-6-11-7-8-12(14-11)10-13-9-4-2/h7-8,13H,3-6,9-10H2,1-2H3. The Labute approximate surface area is 86.7 Å². The number of aryl methyl sites for hydroxylation is 1. The van der Waals surface area contributed by atoms with Crippen molar-refractivity contribution in [3.05, 3.63) is 23.7 Å². The summed E-state index contributed by atoms with van der Waals surface area (Å²) >= 11 is 0. The lowest BCUT2D eigenvalue weighted by Crippen LogP contribution is -2.12. The Hall–Kier alpha value is -0.760. The maximum Gasteiger partial charge on any atom is 0.117 e. The third-order valence-electron chi connectivity index (χ3n) is 2.22. The van der Waals surface area contributed by atoms with Gasteiger partial charge < -0.3 is 9.73 Å². The Kier molecular flexibility index (Phi) is 5.38. The van der Waals surface area contributed by atoms with Gasteiger partial charge in [0.25, 0.3) is 0 Å². The molecular weight excluding hydrogens is 174 g/mol. The number of hydrogen-bond donors (Lipinski definition) is 1. The third-order valence-corrected chi connectivity index (χ3v) is 2.22. The van der Waals surface area contributed by atoms with Crippen LogP contribution in [0.25, 0.3) is 0 Å². The fourth-order valence-electron chi connectivity index (χ4n) is 1.39. The van der Waals surface area contributed by atoms with Gasteiger partial charge in [0.05, 0.1) is 6.54 Å². The van der Waals surface area contributed by atoms with Gasteiger partial charge in [-0.1, -0.05) is 20.3 Å². The quantitative estimate of drug-likeness (QED) is 0.676. The second-order valence-corrected chi connectivity index (χ2v) is 3.65. The zero-order valence-electron chi connectivity index (χ0n) is 9.31. The third kappa shape index (κ3) is 3.97. The molecule has 0 aliphatic rings. The minimum absolute atomic E-state index is 0.861. The average Bonchev–Trinajstić information content (AvgIpc) is 2.63. The van der Waals surface area contributed by atoms with E-state index < -0.39 is 0 Å². The summed E-state index contributed by atoms with van der Waals surface area (Å²) in [4.78, 5) is 0. The van der Waals surface area contributed by atoms with Crippen LogP contribution in [0.2, 0.25) is 0 Å². The smallest absolute Gasteiger partial charge is 0.117 e. The molecule has 80 valence electrons. The molecule has 1 aromatic heterocycles. The van der Waals surface area contributed by atoms with Gasteiger partial charge in [-0.15, -0.1) is 0 Å². The van der Waals surface area contributed by atoms with Crippen molar-refractivity contribution in [3.8, 4) is 0 Å². The molecule has 0 bridgehead atoms. The normalized spacial score (nSPS) is 10.7. The molecule has 1 rings (SSSR count). The number of hydrogen-bond acceptors (Lipinski definition) is 2. The summed E-state index contributed by atoms with van der Waals surface area (Å²) in [5, 5.41) is 3.33. The molecule has 1 aromatic rings. The summed E-state index contributed by atoms with van der Waals surface area (Å²) in [6.07, 6.45) is 4.69. The molecule has 2 heteroatoms. The van der Waals surface area contributed by atoms with Crippen molar-refractivity contribution in [2.45, 2.75) is 46.1 Å². The van der Waals surface area contributed by atoms with Crippen LogP contribution in [0.15, 0.2) is 16.5 Å². The van der Waals surface area contributed by atoms with Gasteiger partial charge in [0.15, 0.2) is 0 Å². The molecule has 14 heavy (non-hydrogen) atoms. The van der Waals surface area contributed by atoms with Crippen molar-refractivity contribution in [1.29, 1.82) is 0 Å². The van der Waals surface area contributed by atoms with Gasteiger partial charge in [-0.3, -0.25) is 0 Å². The molecule has 0 saturated carbocycles.